The van der Waals surface area contributed by atoms with E-state index in [1.807, 2.05) is 42.5 Å². The second-order valence-electron chi connectivity index (χ2n) is 4.96. The lowest BCUT2D eigenvalue weighted by Gasteiger charge is -2.19. The third kappa shape index (κ3) is 2.79. The molecule has 0 bridgehead atoms. The van der Waals surface area contributed by atoms with Crippen LogP contribution in [0.4, 0.5) is 11.8 Å². The number of nitrogen functional groups attached to an aromatic ring is 1. The average Bonchev–Trinajstić information content (AvgIpc) is 2.53. The maximum Gasteiger partial charge on any atom is 0.222 e. The van der Waals surface area contributed by atoms with Crippen LogP contribution >= 0.6 is 0 Å². The Balaban J connectivity index is 2.00. The number of aromatic nitrogens is 2. The molecule has 0 saturated heterocycles. The predicted molar refractivity (Wildman–Crippen MR) is 87.0 cm³/mol. The van der Waals surface area contributed by atoms with Crippen molar-refractivity contribution >= 4 is 22.7 Å². The van der Waals surface area contributed by atoms with Gasteiger partial charge < -0.3 is 11.1 Å². The van der Waals surface area contributed by atoms with E-state index in [0.29, 0.717) is 5.95 Å². The molecule has 4 heteroatoms. The molecular weight excluding hydrogens is 260 g/mol. The van der Waals surface area contributed by atoms with Crippen molar-refractivity contribution in [1.29, 1.82) is 0 Å². The molecule has 0 aliphatic rings. The van der Waals surface area contributed by atoms with Crippen LogP contribution < -0.4 is 11.1 Å². The van der Waals surface area contributed by atoms with Crippen LogP contribution in [0, 0.1) is 0 Å². The highest BCUT2D eigenvalue weighted by molar-refractivity contribution is 5.90. The SMILES string of the molecule is CCC(Nc1nc(N)nc2ccccc12)c1ccccc1. The molecule has 3 rings (SSSR count). The predicted octanol–water partition coefficient (Wildman–Crippen LogP) is 3.78. The minimum absolute atomic E-state index is 0.198. The van der Waals surface area contributed by atoms with Gasteiger partial charge in [0.1, 0.15) is 5.82 Å². The first kappa shape index (κ1) is 13.4. The zero-order chi connectivity index (χ0) is 14.7. The average molecular weight is 278 g/mol. The van der Waals surface area contributed by atoms with E-state index in [4.69, 9.17) is 5.73 Å². The molecule has 21 heavy (non-hydrogen) atoms. The van der Waals surface area contributed by atoms with Gasteiger partial charge in [0, 0.05) is 5.39 Å². The fourth-order valence-electron chi connectivity index (χ4n) is 2.48. The molecular formula is C17H18N4. The summed E-state index contributed by atoms with van der Waals surface area (Å²) in [5, 5.41) is 4.48. The molecule has 4 nitrogen and oxygen atoms in total. The highest BCUT2D eigenvalue weighted by Crippen LogP contribution is 2.26. The normalized spacial score (nSPS) is 12.2. The van der Waals surface area contributed by atoms with Gasteiger partial charge in [-0.3, -0.25) is 0 Å². The zero-order valence-corrected chi connectivity index (χ0v) is 12.0. The number of nitrogens with one attached hydrogen (secondary N) is 1. The van der Waals surface area contributed by atoms with Crippen LogP contribution in [0.15, 0.2) is 54.6 Å². The van der Waals surface area contributed by atoms with Crippen LogP contribution in [-0.4, -0.2) is 9.97 Å². The van der Waals surface area contributed by atoms with Gasteiger partial charge in [-0.1, -0.05) is 49.4 Å². The van der Waals surface area contributed by atoms with E-state index < -0.39 is 0 Å². The van der Waals surface area contributed by atoms with Gasteiger partial charge in [-0.05, 0) is 24.1 Å². The molecule has 0 saturated carbocycles. The number of hydrogen-bond donors (Lipinski definition) is 2. The molecule has 106 valence electrons. The van der Waals surface area contributed by atoms with Crippen molar-refractivity contribution < 1.29 is 0 Å². The molecule has 0 radical (unpaired) electrons. The topological polar surface area (TPSA) is 63.8 Å². The fraction of sp³-hybridized carbons (Fsp3) is 0.176. The molecule has 1 atom stereocenters. The quantitative estimate of drug-likeness (QED) is 0.762. The van der Waals surface area contributed by atoms with E-state index in [2.05, 4.69) is 34.3 Å². The van der Waals surface area contributed by atoms with Gasteiger partial charge in [-0.15, -0.1) is 0 Å². The van der Waals surface area contributed by atoms with Crippen molar-refractivity contribution in [1.82, 2.24) is 9.97 Å². The molecule has 0 aliphatic carbocycles. The molecule has 2 aromatic carbocycles. The summed E-state index contributed by atoms with van der Waals surface area (Å²) in [4.78, 5) is 8.64. The largest absolute Gasteiger partial charge is 0.368 e. The number of nitrogens with zero attached hydrogens (tertiary/aromatic N) is 2. The smallest absolute Gasteiger partial charge is 0.222 e. The summed E-state index contributed by atoms with van der Waals surface area (Å²) in [5.74, 6) is 1.08. The first-order valence-electron chi connectivity index (χ1n) is 7.11. The fourth-order valence-corrected chi connectivity index (χ4v) is 2.48. The Morgan fingerprint density at radius 2 is 1.71 bits per heavy atom. The molecule has 0 amide bonds. The van der Waals surface area contributed by atoms with Gasteiger partial charge in [0.25, 0.3) is 0 Å². The minimum atomic E-state index is 0.198. The van der Waals surface area contributed by atoms with Crippen LogP contribution in [0.1, 0.15) is 24.9 Å². The number of fused-ring (bicyclic) bond motifs is 1. The Hall–Kier alpha value is -2.62. The van der Waals surface area contributed by atoms with Crippen molar-refractivity contribution in [3.8, 4) is 0 Å². The summed E-state index contributed by atoms with van der Waals surface area (Å²) < 4.78 is 0. The highest BCUT2D eigenvalue weighted by atomic mass is 15.1. The third-order valence-electron chi connectivity index (χ3n) is 3.54. The van der Waals surface area contributed by atoms with Crippen molar-refractivity contribution in [2.45, 2.75) is 19.4 Å². The summed E-state index contributed by atoms with van der Waals surface area (Å²) >= 11 is 0. The summed E-state index contributed by atoms with van der Waals surface area (Å²) in [6.45, 7) is 2.15. The molecule has 3 N–H and O–H groups in total. The number of hydrogen-bond acceptors (Lipinski definition) is 4. The van der Waals surface area contributed by atoms with Crippen molar-refractivity contribution in [2.75, 3.05) is 11.1 Å². The lowest BCUT2D eigenvalue weighted by molar-refractivity contribution is 0.746. The second-order valence-corrected chi connectivity index (χ2v) is 4.96. The van der Waals surface area contributed by atoms with Crippen molar-refractivity contribution in [2.24, 2.45) is 0 Å². The molecule has 0 aliphatic heterocycles. The Morgan fingerprint density at radius 1 is 1.00 bits per heavy atom. The van der Waals surface area contributed by atoms with E-state index in [1.54, 1.807) is 0 Å². The van der Waals surface area contributed by atoms with Gasteiger partial charge in [-0.25, -0.2) is 4.98 Å². The minimum Gasteiger partial charge on any atom is -0.368 e. The molecule has 1 unspecified atom stereocenters. The Morgan fingerprint density at radius 3 is 2.48 bits per heavy atom. The van der Waals surface area contributed by atoms with Crippen LogP contribution in [-0.2, 0) is 0 Å². The number of rotatable bonds is 4. The second kappa shape index (κ2) is 5.79. The summed E-state index contributed by atoms with van der Waals surface area (Å²) in [6, 6.07) is 18.4. The molecule has 1 heterocycles. The summed E-state index contributed by atoms with van der Waals surface area (Å²) in [7, 11) is 0. The monoisotopic (exact) mass is 278 g/mol. The Labute approximate surface area is 124 Å². The molecule has 0 fully saturated rings. The maximum atomic E-state index is 5.82. The van der Waals surface area contributed by atoms with E-state index >= 15 is 0 Å². The van der Waals surface area contributed by atoms with Crippen LogP contribution in [0.5, 0.6) is 0 Å². The van der Waals surface area contributed by atoms with E-state index in [9.17, 15) is 0 Å². The van der Waals surface area contributed by atoms with Crippen molar-refractivity contribution in [3.63, 3.8) is 0 Å². The zero-order valence-electron chi connectivity index (χ0n) is 12.0. The highest BCUT2D eigenvalue weighted by Gasteiger charge is 2.12. The first-order chi connectivity index (χ1) is 10.3. The van der Waals surface area contributed by atoms with Gasteiger partial charge in [0.05, 0.1) is 11.6 Å². The van der Waals surface area contributed by atoms with Gasteiger partial charge in [0.2, 0.25) is 5.95 Å². The van der Waals surface area contributed by atoms with E-state index in [0.717, 1.165) is 23.1 Å². The van der Waals surface area contributed by atoms with E-state index in [-0.39, 0.29) is 6.04 Å². The van der Waals surface area contributed by atoms with E-state index in [1.165, 1.54) is 5.56 Å². The number of para-hydroxylation sites is 1. The van der Waals surface area contributed by atoms with Crippen molar-refractivity contribution in [3.05, 3.63) is 60.2 Å². The molecule has 3 aromatic rings. The molecule has 0 spiro atoms. The van der Waals surface area contributed by atoms with Crippen LogP contribution in [0.3, 0.4) is 0 Å². The van der Waals surface area contributed by atoms with Gasteiger partial charge in [0.15, 0.2) is 0 Å². The lowest BCUT2D eigenvalue weighted by Crippen LogP contribution is -2.12. The number of nitrogens with two attached hydrogens (primary N) is 1. The number of benzene rings is 2. The maximum absolute atomic E-state index is 5.82. The molecule has 1 aromatic heterocycles. The van der Waals surface area contributed by atoms with Crippen LogP contribution in [0.2, 0.25) is 0 Å². The summed E-state index contributed by atoms with van der Waals surface area (Å²) in [6.07, 6.45) is 0.961. The lowest BCUT2D eigenvalue weighted by atomic mass is 10.0. The summed E-state index contributed by atoms with van der Waals surface area (Å²) in [5.41, 5.74) is 7.91. The standard InChI is InChI=1S/C17H18N4/c1-2-14(12-8-4-3-5-9-12)19-16-13-10-6-7-11-15(13)20-17(18)21-16/h3-11,14H,2H2,1H3,(H3,18,19,20,21). The Kier molecular flexibility index (Phi) is 3.69. The first-order valence-corrected chi connectivity index (χ1v) is 7.11. The van der Waals surface area contributed by atoms with Gasteiger partial charge >= 0.3 is 0 Å². The van der Waals surface area contributed by atoms with Crippen LogP contribution in [0.25, 0.3) is 10.9 Å². The van der Waals surface area contributed by atoms with Gasteiger partial charge in [-0.2, -0.15) is 4.98 Å². The third-order valence-corrected chi connectivity index (χ3v) is 3.54. The Bertz CT molecular complexity index is 740. The number of anilines is 2.